The topological polar surface area (TPSA) is 47.3 Å². The van der Waals surface area contributed by atoms with Gasteiger partial charge < -0.3 is 15.8 Å². The standard InChI is InChI=1S/C13H20N2O/c14-8-7-11-3-5-12(6-4-11)16-13-2-1-9-15-10-13/h3-6,13,15H,1-2,7-10,14H2. The number of piperidine rings is 1. The molecule has 88 valence electrons. The lowest BCUT2D eigenvalue weighted by molar-refractivity contribution is 0.167. The van der Waals surface area contributed by atoms with Crippen molar-refractivity contribution in [2.45, 2.75) is 25.4 Å². The molecule has 3 nitrogen and oxygen atoms in total. The smallest absolute Gasteiger partial charge is 0.119 e. The molecule has 2 rings (SSSR count). The van der Waals surface area contributed by atoms with Crippen LogP contribution in [0.15, 0.2) is 24.3 Å². The van der Waals surface area contributed by atoms with Crippen molar-refractivity contribution in [1.29, 1.82) is 0 Å². The minimum atomic E-state index is 0.328. The molecule has 0 bridgehead atoms. The Hall–Kier alpha value is -1.06. The molecular weight excluding hydrogens is 200 g/mol. The number of benzene rings is 1. The first-order valence-corrected chi connectivity index (χ1v) is 6.05. The molecule has 1 aromatic rings. The van der Waals surface area contributed by atoms with Crippen LogP contribution in [0.25, 0.3) is 0 Å². The summed E-state index contributed by atoms with van der Waals surface area (Å²) < 4.78 is 5.89. The molecule has 3 N–H and O–H groups in total. The van der Waals surface area contributed by atoms with Gasteiger partial charge in [0, 0.05) is 6.54 Å². The van der Waals surface area contributed by atoms with Gasteiger partial charge in [-0.05, 0) is 50.0 Å². The molecule has 1 unspecified atom stereocenters. The second-order valence-corrected chi connectivity index (χ2v) is 4.27. The fourth-order valence-corrected chi connectivity index (χ4v) is 2.01. The van der Waals surface area contributed by atoms with Crippen molar-refractivity contribution < 1.29 is 4.74 Å². The van der Waals surface area contributed by atoms with E-state index in [1.807, 2.05) is 12.1 Å². The fraction of sp³-hybridized carbons (Fsp3) is 0.538. The summed E-state index contributed by atoms with van der Waals surface area (Å²) in [5, 5.41) is 3.35. The van der Waals surface area contributed by atoms with Crippen LogP contribution >= 0.6 is 0 Å². The van der Waals surface area contributed by atoms with Crippen LogP contribution in [0.2, 0.25) is 0 Å². The number of ether oxygens (including phenoxy) is 1. The zero-order valence-electron chi connectivity index (χ0n) is 9.61. The molecule has 0 radical (unpaired) electrons. The summed E-state index contributed by atoms with van der Waals surface area (Å²) in [5.41, 5.74) is 6.78. The maximum Gasteiger partial charge on any atom is 0.119 e. The van der Waals surface area contributed by atoms with E-state index in [1.54, 1.807) is 0 Å². The third-order valence-corrected chi connectivity index (χ3v) is 2.91. The average molecular weight is 220 g/mol. The van der Waals surface area contributed by atoms with Gasteiger partial charge in [-0.3, -0.25) is 0 Å². The number of rotatable bonds is 4. The fourth-order valence-electron chi connectivity index (χ4n) is 2.01. The predicted octanol–water partition coefficient (Wildman–Crippen LogP) is 1.32. The van der Waals surface area contributed by atoms with Gasteiger partial charge in [-0.25, -0.2) is 0 Å². The quantitative estimate of drug-likeness (QED) is 0.804. The van der Waals surface area contributed by atoms with Crippen LogP contribution in [0.4, 0.5) is 0 Å². The highest BCUT2D eigenvalue weighted by molar-refractivity contribution is 5.27. The molecule has 3 heteroatoms. The highest BCUT2D eigenvalue weighted by Crippen LogP contribution is 2.16. The number of nitrogens with one attached hydrogen (secondary N) is 1. The highest BCUT2D eigenvalue weighted by Gasteiger charge is 2.13. The predicted molar refractivity (Wildman–Crippen MR) is 65.7 cm³/mol. The van der Waals surface area contributed by atoms with E-state index in [0.29, 0.717) is 12.6 Å². The molecule has 0 aliphatic carbocycles. The molecule has 1 aliphatic heterocycles. The van der Waals surface area contributed by atoms with E-state index in [2.05, 4.69) is 17.4 Å². The van der Waals surface area contributed by atoms with Gasteiger partial charge in [0.25, 0.3) is 0 Å². The zero-order valence-corrected chi connectivity index (χ0v) is 9.61. The van der Waals surface area contributed by atoms with Crippen LogP contribution in [0.1, 0.15) is 18.4 Å². The molecule has 1 atom stereocenters. The average Bonchev–Trinajstić information content (AvgIpc) is 2.33. The maximum atomic E-state index is 5.89. The van der Waals surface area contributed by atoms with Crippen LogP contribution < -0.4 is 15.8 Å². The molecule has 0 aromatic heterocycles. The van der Waals surface area contributed by atoms with Crippen molar-refractivity contribution >= 4 is 0 Å². The lowest BCUT2D eigenvalue weighted by atomic mass is 10.1. The van der Waals surface area contributed by atoms with Crippen molar-refractivity contribution in [1.82, 2.24) is 5.32 Å². The van der Waals surface area contributed by atoms with E-state index < -0.39 is 0 Å². The van der Waals surface area contributed by atoms with Crippen molar-refractivity contribution in [3.8, 4) is 5.75 Å². The molecule has 1 heterocycles. The summed E-state index contributed by atoms with van der Waals surface area (Å²) in [5.74, 6) is 0.967. The van der Waals surface area contributed by atoms with Gasteiger partial charge in [-0.1, -0.05) is 12.1 Å². The minimum absolute atomic E-state index is 0.328. The monoisotopic (exact) mass is 220 g/mol. The molecule has 1 aromatic carbocycles. The van der Waals surface area contributed by atoms with Crippen LogP contribution in [0.5, 0.6) is 5.75 Å². The van der Waals surface area contributed by atoms with E-state index in [9.17, 15) is 0 Å². The SMILES string of the molecule is NCCc1ccc(OC2CCCNC2)cc1. The molecule has 0 spiro atoms. The Kier molecular flexibility index (Phi) is 4.19. The van der Waals surface area contributed by atoms with E-state index >= 15 is 0 Å². The summed E-state index contributed by atoms with van der Waals surface area (Å²) in [6.45, 7) is 2.78. The summed E-state index contributed by atoms with van der Waals surface area (Å²) in [4.78, 5) is 0. The van der Waals surface area contributed by atoms with Gasteiger partial charge in [0.2, 0.25) is 0 Å². The molecule has 1 aliphatic rings. The second kappa shape index (κ2) is 5.87. The van der Waals surface area contributed by atoms with E-state index in [0.717, 1.165) is 31.7 Å². The highest BCUT2D eigenvalue weighted by atomic mass is 16.5. The van der Waals surface area contributed by atoms with Gasteiger partial charge in [0.05, 0.1) is 0 Å². The Bertz CT molecular complexity index is 304. The van der Waals surface area contributed by atoms with Gasteiger partial charge in [0.1, 0.15) is 11.9 Å². The minimum Gasteiger partial charge on any atom is -0.489 e. The largest absolute Gasteiger partial charge is 0.489 e. The first kappa shape index (κ1) is 11.4. The van der Waals surface area contributed by atoms with Gasteiger partial charge in [-0.2, -0.15) is 0 Å². The Morgan fingerprint density at radius 3 is 2.75 bits per heavy atom. The van der Waals surface area contributed by atoms with Crippen molar-refractivity contribution in [2.24, 2.45) is 5.73 Å². The van der Waals surface area contributed by atoms with Crippen LogP contribution in [-0.4, -0.2) is 25.7 Å². The van der Waals surface area contributed by atoms with Crippen molar-refractivity contribution in [3.05, 3.63) is 29.8 Å². The Balaban J connectivity index is 1.88. The number of hydrogen-bond donors (Lipinski definition) is 2. The van der Waals surface area contributed by atoms with E-state index in [4.69, 9.17) is 10.5 Å². The van der Waals surface area contributed by atoms with E-state index in [1.165, 1.54) is 12.0 Å². The number of nitrogens with two attached hydrogens (primary N) is 1. The molecule has 0 amide bonds. The van der Waals surface area contributed by atoms with Crippen molar-refractivity contribution in [2.75, 3.05) is 19.6 Å². The molecule has 1 fully saturated rings. The van der Waals surface area contributed by atoms with Crippen LogP contribution in [-0.2, 0) is 6.42 Å². The van der Waals surface area contributed by atoms with Crippen molar-refractivity contribution in [3.63, 3.8) is 0 Å². The van der Waals surface area contributed by atoms with E-state index in [-0.39, 0.29) is 0 Å². The first-order chi connectivity index (χ1) is 7.88. The summed E-state index contributed by atoms with van der Waals surface area (Å²) >= 11 is 0. The summed E-state index contributed by atoms with van der Waals surface area (Å²) in [6, 6.07) is 8.27. The first-order valence-electron chi connectivity index (χ1n) is 6.05. The molecule has 1 saturated heterocycles. The second-order valence-electron chi connectivity index (χ2n) is 4.27. The van der Waals surface area contributed by atoms with Gasteiger partial charge in [0.15, 0.2) is 0 Å². The molecule has 0 saturated carbocycles. The number of hydrogen-bond acceptors (Lipinski definition) is 3. The van der Waals surface area contributed by atoms with Crippen LogP contribution in [0, 0.1) is 0 Å². The van der Waals surface area contributed by atoms with Crippen LogP contribution in [0.3, 0.4) is 0 Å². The lowest BCUT2D eigenvalue weighted by Crippen LogP contribution is -2.37. The Labute approximate surface area is 97.0 Å². The maximum absolute atomic E-state index is 5.89. The zero-order chi connectivity index (χ0) is 11.2. The van der Waals surface area contributed by atoms with Gasteiger partial charge >= 0.3 is 0 Å². The van der Waals surface area contributed by atoms with Gasteiger partial charge in [-0.15, -0.1) is 0 Å². The Morgan fingerprint density at radius 1 is 1.31 bits per heavy atom. The molecule has 16 heavy (non-hydrogen) atoms. The lowest BCUT2D eigenvalue weighted by Gasteiger charge is -2.24. The Morgan fingerprint density at radius 2 is 2.12 bits per heavy atom. The molecular formula is C13H20N2O. The third-order valence-electron chi connectivity index (χ3n) is 2.91. The summed E-state index contributed by atoms with van der Waals surface area (Å²) in [7, 11) is 0. The third kappa shape index (κ3) is 3.22. The normalized spacial score (nSPS) is 20.7. The summed E-state index contributed by atoms with van der Waals surface area (Å²) in [6.07, 6.45) is 3.62.